The van der Waals surface area contributed by atoms with Gasteiger partial charge in [-0.3, -0.25) is 0 Å². The first kappa shape index (κ1) is 38.3. The molecule has 0 aromatic heterocycles. The second-order valence-electron chi connectivity index (χ2n) is 0. The number of hydrogen-bond donors (Lipinski definition) is 0. The van der Waals surface area contributed by atoms with Crippen LogP contribution in [0.25, 0.3) is 0 Å². The third-order valence-electron chi connectivity index (χ3n) is 0. The Labute approximate surface area is 60.1 Å². The molecule has 0 aliphatic heterocycles. The molecule has 0 N–H and O–H groups in total. The van der Waals surface area contributed by atoms with Gasteiger partial charge in [-0.15, -0.1) is 0 Å². The van der Waals surface area contributed by atoms with Crippen molar-refractivity contribution in [3.8, 4) is 0 Å². The smallest absolute Gasteiger partial charge is 0 e. The summed E-state index contributed by atoms with van der Waals surface area (Å²) in [6, 6.07) is 0. The summed E-state index contributed by atoms with van der Waals surface area (Å²) in [4.78, 5) is 0. The van der Waals surface area contributed by atoms with E-state index in [2.05, 4.69) is 0 Å². The Hall–Kier alpha value is 1.95. The van der Waals surface area contributed by atoms with E-state index in [0.717, 1.165) is 0 Å². The van der Waals surface area contributed by atoms with E-state index in [9.17, 15) is 0 Å². The molecule has 0 fully saturated rings. The standard InChI is InChI=1S/Co.Fe.Ni.P. The van der Waals surface area contributed by atoms with Crippen LogP contribution in [0.1, 0.15) is 0 Å². The SMILES string of the molecule is [Co].[Fe].[Ni].[P]. The zero-order chi connectivity index (χ0) is 0. The Bertz CT molecular complexity index is 8.00. The molecule has 0 unspecified atom stereocenters. The first-order chi connectivity index (χ1) is 0. The summed E-state index contributed by atoms with van der Waals surface area (Å²) >= 11 is 0. The summed E-state index contributed by atoms with van der Waals surface area (Å²) in [7, 11) is 0. The fourth-order valence-corrected chi connectivity index (χ4v) is 0. The van der Waals surface area contributed by atoms with Gasteiger partial charge in [0.25, 0.3) is 0 Å². The van der Waals surface area contributed by atoms with E-state index in [0.29, 0.717) is 0 Å². The molecule has 0 aromatic carbocycles. The van der Waals surface area contributed by atoms with Crippen molar-refractivity contribution in [2.24, 2.45) is 0 Å². The quantitative estimate of drug-likeness (QED) is 0.405. The van der Waals surface area contributed by atoms with Crippen LogP contribution in [0.4, 0.5) is 0 Å². The minimum absolute atomic E-state index is 0. The Morgan fingerprint density at radius 2 is 1.00 bits per heavy atom. The van der Waals surface area contributed by atoms with Gasteiger partial charge < -0.3 is 0 Å². The summed E-state index contributed by atoms with van der Waals surface area (Å²) in [6.07, 6.45) is 0. The Morgan fingerprint density at radius 1 is 1.00 bits per heavy atom. The van der Waals surface area contributed by atoms with Gasteiger partial charge in [0.15, 0.2) is 0 Å². The van der Waals surface area contributed by atoms with Crippen molar-refractivity contribution in [3.05, 3.63) is 0 Å². The molecule has 0 atom stereocenters. The molecule has 0 aliphatic carbocycles. The Balaban J connectivity index is 0. The molecule has 0 heterocycles. The van der Waals surface area contributed by atoms with Crippen LogP contribution >= 0.6 is 9.90 Å². The van der Waals surface area contributed by atoms with Gasteiger partial charge >= 0.3 is 0 Å². The van der Waals surface area contributed by atoms with E-state index < -0.39 is 0 Å². The van der Waals surface area contributed by atoms with E-state index in [4.69, 9.17) is 0 Å². The normalized spacial score (nSPS) is 0. The minimum Gasteiger partial charge on any atom is 0 e. The second-order valence-corrected chi connectivity index (χ2v) is 0. The molecule has 0 bridgehead atoms. The molecule has 0 spiro atoms. The molecular formula is CoFeNiP. The summed E-state index contributed by atoms with van der Waals surface area (Å²) in [5, 5.41) is 0. The van der Waals surface area contributed by atoms with Gasteiger partial charge in [0, 0.05) is 60.2 Å². The molecule has 0 aromatic rings. The largest absolute Gasteiger partial charge is 0 e. The molecule has 0 aliphatic rings. The average Bonchev–Trinajstić information content (AvgIpc) is 0. The van der Waals surface area contributed by atoms with E-state index >= 15 is 0 Å². The number of hydrogen-bond acceptors (Lipinski definition) is 0. The maximum absolute atomic E-state index is 0. The second kappa shape index (κ2) is 20.3. The van der Waals surface area contributed by atoms with Crippen molar-refractivity contribution in [2.45, 2.75) is 0 Å². The van der Waals surface area contributed by atoms with Crippen molar-refractivity contribution in [2.75, 3.05) is 0 Å². The molecule has 32 valence electrons. The predicted octanol–water partition coefficient (Wildman–Crippen LogP) is 0.854. The molecule has 0 amide bonds. The Kier molecular flexibility index (Phi) is 195. The molecule has 4 heavy (non-hydrogen) atoms. The third kappa shape index (κ3) is 9.04. The van der Waals surface area contributed by atoms with Crippen LogP contribution in [0.2, 0.25) is 0 Å². The molecule has 4 radical (unpaired) electrons. The van der Waals surface area contributed by atoms with Gasteiger partial charge in [-0.2, -0.15) is 0 Å². The molecule has 4 heteroatoms. The van der Waals surface area contributed by atoms with Crippen LogP contribution in [-0.2, 0) is 50.3 Å². The molecule has 0 saturated heterocycles. The van der Waals surface area contributed by atoms with E-state index in [1.165, 1.54) is 0 Å². The predicted molar refractivity (Wildman–Crippen MR) is 6.92 cm³/mol. The van der Waals surface area contributed by atoms with E-state index in [-0.39, 0.29) is 60.2 Å². The van der Waals surface area contributed by atoms with Gasteiger partial charge in [-0.25, -0.2) is 0 Å². The maximum atomic E-state index is 0. The molecule has 0 nitrogen and oxygen atoms in total. The fraction of sp³-hybridized carbons (Fsp3) is 0. The molecule has 0 saturated carbocycles. The topological polar surface area (TPSA) is 0 Å². The molecular weight excluding hydrogens is 204 g/mol. The van der Waals surface area contributed by atoms with E-state index in [1.54, 1.807) is 0 Å². The van der Waals surface area contributed by atoms with Crippen molar-refractivity contribution >= 4 is 9.90 Å². The monoisotopic (exact) mass is 204 g/mol. The van der Waals surface area contributed by atoms with Gasteiger partial charge in [-0.1, -0.05) is 0 Å². The summed E-state index contributed by atoms with van der Waals surface area (Å²) < 4.78 is 0. The summed E-state index contributed by atoms with van der Waals surface area (Å²) in [5.74, 6) is 0. The van der Waals surface area contributed by atoms with Gasteiger partial charge in [0.05, 0.1) is 0 Å². The summed E-state index contributed by atoms with van der Waals surface area (Å²) in [5.41, 5.74) is 0. The van der Waals surface area contributed by atoms with Crippen LogP contribution in [0.3, 0.4) is 0 Å². The number of rotatable bonds is 0. The van der Waals surface area contributed by atoms with Crippen molar-refractivity contribution in [1.29, 1.82) is 0 Å². The Morgan fingerprint density at radius 3 is 1.00 bits per heavy atom. The van der Waals surface area contributed by atoms with Gasteiger partial charge in [0.1, 0.15) is 0 Å². The summed E-state index contributed by atoms with van der Waals surface area (Å²) in [6.45, 7) is 0. The van der Waals surface area contributed by atoms with Crippen LogP contribution in [-0.4, -0.2) is 0 Å². The van der Waals surface area contributed by atoms with Crippen molar-refractivity contribution in [1.82, 2.24) is 0 Å². The zero-order valence-electron chi connectivity index (χ0n) is 1.45. The van der Waals surface area contributed by atoms with Crippen molar-refractivity contribution in [3.63, 3.8) is 0 Å². The van der Waals surface area contributed by atoms with Gasteiger partial charge in [-0.05, 0) is 0 Å². The maximum Gasteiger partial charge on any atom is 0 e. The van der Waals surface area contributed by atoms with Crippen LogP contribution in [0, 0.1) is 0 Å². The zero-order valence-corrected chi connectivity index (χ0v) is 5.48. The van der Waals surface area contributed by atoms with Crippen LogP contribution in [0.5, 0.6) is 0 Å². The fourth-order valence-electron chi connectivity index (χ4n) is 0. The minimum atomic E-state index is 0. The average molecular weight is 204 g/mol. The van der Waals surface area contributed by atoms with Gasteiger partial charge in [0.2, 0.25) is 0 Å². The molecule has 0 rings (SSSR count). The van der Waals surface area contributed by atoms with Crippen LogP contribution in [0.15, 0.2) is 0 Å². The third-order valence-corrected chi connectivity index (χ3v) is 0. The van der Waals surface area contributed by atoms with Crippen LogP contribution < -0.4 is 0 Å². The first-order valence-corrected chi connectivity index (χ1v) is 0. The van der Waals surface area contributed by atoms with Crippen molar-refractivity contribution < 1.29 is 50.3 Å². The first-order valence-electron chi connectivity index (χ1n) is 0. The van der Waals surface area contributed by atoms with E-state index in [1.807, 2.05) is 0 Å².